The quantitative estimate of drug-likeness (QED) is 0.167. The molecule has 0 fully saturated rings. The van der Waals surface area contributed by atoms with Gasteiger partial charge in [-0.2, -0.15) is 0 Å². The molecule has 9 aromatic carbocycles. The van der Waals surface area contributed by atoms with Crippen molar-refractivity contribution in [2.45, 2.75) is 19.3 Å². The largest absolute Gasteiger partial charge is 0.455 e. The van der Waals surface area contributed by atoms with Gasteiger partial charge in [-0.05, 0) is 106 Å². The average molecular weight is 808 g/mol. The van der Waals surface area contributed by atoms with Crippen LogP contribution in [0.3, 0.4) is 0 Å². The summed E-state index contributed by atoms with van der Waals surface area (Å²) in [6.07, 6.45) is 0. The molecule has 1 aliphatic carbocycles. The Morgan fingerprint density at radius 2 is 1.02 bits per heavy atom. The molecule has 3 heterocycles. The van der Waals surface area contributed by atoms with Crippen LogP contribution in [0.15, 0.2) is 217 Å². The van der Waals surface area contributed by atoms with Gasteiger partial charge in [0.25, 0.3) is 0 Å². The Balaban J connectivity index is 1.01. The lowest BCUT2D eigenvalue weighted by molar-refractivity contribution is 0.660. The molecule has 0 radical (unpaired) electrons. The first-order chi connectivity index (χ1) is 31.0. The van der Waals surface area contributed by atoms with Crippen LogP contribution in [-0.4, -0.2) is 8.97 Å². The van der Waals surface area contributed by atoms with Gasteiger partial charge in [0.2, 0.25) is 0 Å². The normalized spacial score (nSPS) is 13.0. The molecule has 0 unspecified atom stereocenters. The van der Waals surface area contributed by atoms with Crippen molar-refractivity contribution >= 4 is 66.6 Å². The van der Waals surface area contributed by atoms with Crippen LogP contribution in [0.25, 0.3) is 88.6 Å². The van der Waals surface area contributed by atoms with E-state index in [0.29, 0.717) is 0 Å². The highest BCUT2D eigenvalue weighted by molar-refractivity contribution is 6.16. The van der Waals surface area contributed by atoms with E-state index in [1.807, 2.05) is 6.07 Å². The van der Waals surface area contributed by atoms with Crippen molar-refractivity contribution in [2.75, 3.05) is 4.90 Å². The fourth-order valence-electron chi connectivity index (χ4n) is 10.6. The lowest BCUT2D eigenvalue weighted by Gasteiger charge is -2.28. The van der Waals surface area contributed by atoms with E-state index in [1.54, 1.807) is 0 Å². The van der Waals surface area contributed by atoms with Gasteiger partial charge in [0.05, 0.1) is 16.6 Å². The Morgan fingerprint density at radius 3 is 1.83 bits per heavy atom. The molecule has 3 aromatic heterocycles. The zero-order valence-corrected chi connectivity index (χ0v) is 35.0. The van der Waals surface area contributed by atoms with Crippen LogP contribution in [0.1, 0.15) is 25.0 Å². The zero-order chi connectivity index (χ0) is 41.8. The second-order valence-corrected chi connectivity index (χ2v) is 17.3. The summed E-state index contributed by atoms with van der Waals surface area (Å²) in [4.78, 5) is 2.40. The molecular weight excluding hydrogens is 767 g/mol. The Morgan fingerprint density at radius 1 is 0.429 bits per heavy atom. The van der Waals surface area contributed by atoms with Crippen molar-refractivity contribution in [3.05, 3.63) is 223 Å². The van der Waals surface area contributed by atoms with Gasteiger partial charge in [-0.25, -0.2) is 0 Å². The Labute approximate surface area is 365 Å². The number of benzene rings is 9. The van der Waals surface area contributed by atoms with Crippen LogP contribution >= 0.6 is 0 Å². The highest BCUT2D eigenvalue weighted by atomic mass is 16.3. The molecule has 298 valence electrons. The summed E-state index contributed by atoms with van der Waals surface area (Å²) in [6.45, 7) is 4.71. The molecule has 4 nitrogen and oxygen atoms in total. The fraction of sp³-hybridized carbons (Fsp3) is 0.0508. The summed E-state index contributed by atoms with van der Waals surface area (Å²) in [5, 5.41) is 3.43. The lowest BCUT2D eigenvalue weighted by atomic mass is 9.82. The highest BCUT2D eigenvalue weighted by Crippen LogP contribution is 2.51. The minimum atomic E-state index is -0.124. The molecule has 63 heavy (non-hydrogen) atoms. The molecule has 0 bridgehead atoms. The predicted octanol–water partition coefficient (Wildman–Crippen LogP) is 16.0. The summed E-state index contributed by atoms with van der Waals surface area (Å²) in [5.41, 5.74) is 20.6. The van der Waals surface area contributed by atoms with Gasteiger partial charge < -0.3 is 9.32 Å². The van der Waals surface area contributed by atoms with Gasteiger partial charge in [0, 0.05) is 55.5 Å². The molecule has 12 aromatic rings. The first-order valence-electron chi connectivity index (χ1n) is 21.8. The van der Waals surface area contributed by atoms with Gasteiger partial charge in [-0.15, -0.1) is 0 Å². The second-order valence-electron chi connectivity index (χ2n) is 17.3. The number of fused-ring (bicyclic) bond motifs is 11. The molecular formula is C59H41N3O. The predicted molar refractivity (Wildman–Crippen MR) is 262 cm³/mol. The molecule has 0 atom stereocenters. The standard InChI is InChI=1S/C59H41N3O/c1-59(2)50-22-9-6-17-44(50)45-36-35-43(37-51(45)59)60(40-29-27-39(28-30-40)38-15-4-3-5-16-38)41-31-33-42(34-32-41)61-53-24-11-12-25-54(53)62-52-23-10-7-19-48(52)56(58(61)62)49-21-14-20-47-46-18-8-13-26-55(46)63-57(47)49/h3-37H,1-2H3. The van der Waals surface area contributed by atoms with Gasteiger partial charge in [0.15, 0.2) is 0 Å². The molecule has 1 aliphatic rings. The smallest absolute Gasteiger partial charge is 0.143 e. The first kappa shape index (κ1) is 35.7. The van der Waals surface area contributed by atoms with Gasteiger partial charge in [0.1, 0.15) is 16.8 Å². The SMILES string of the molecule is CC1(C)c2ccccc2-c2ccc(N(c3ccc(-c4ccccc4)cc3)c3ccc(-n4c5ccccc5n5c6ccccc6c(-c6cccc7c6oc6ccccc67)c45)cc3)cc21. The summed E-state index contributed by atoms with van der Waals surface area (Å²) >= 11 is 0. The van der Waals surface area contributed by atoms with E-state index in [2.05, 4.69) is 234 Å². The third-order valence-electron chi connectivity index (χ3n) is 13.5. The first-order valence-corrected chi connectivity index (χ1v) is 21.8. The topological polar surface area (TPSA) is 25.7 Å². The fourth-order valence-corrected chi connectivity index (χ4v) is 10.6. The van der Waals surface area contributed by atoms with Crippen LogP contribution in [-0.2, 0) is 5.41 Å². The van der Waals surface area contributed by atoms with Crippen molar-refractivity contribution in [3.63, 3.8) is 0 Å². The van der Waals surface area contributed by atoms with E-state index in [-0.39, 0.29) is 5.41 Å². The average Bonchev–Trinajstić information content (AvgIpc) is 4.05. The molecule has 0 aliphatic heterocycles. The van der Waals surface area contributed by atoms with Crippen molar-refractivity contribution in [3.8, 4) is 39.1 Å². The molecule has 0 spiro atoms. The molecule has 0 N–H and O–H groups in total. The highest BCUT2D eigenvalue weighted by Gasteiger charge is 2.36. The number of aromatic nitrogens is 2. The summed E-state index contributed by atoms with van der Waals surface area (Å²) in [7, 11) is 0. The molecule has 0 saturated heterocycles. The van der Waals surface area contributed by atoms with Gasteiger partial charge in [-0.3, -0.25) is 8.97 Å². The van der Waals surface area contributed by atoms with Crippen molar-refractivity contribution < 1.29 is 4.42 Å². The molecule has 0 amide bonds. The minimum Gasteiger partial charge on any atom is -0.455 e. The lowest BCUT2D eigenvalue weighted by Crippen LogP contribution is -2.16. The molecule has 4 heteroatoms. The number of nitrogens with zero attached hydrogens (tertiary/aromatic N) is 3. The minimum absolute atomic E-state index is 0.124. The van der Waals surface area contributed by atoms with E-state index in [9.17, 15) is 0 Å². The van der Waals surface area contributed by atoms with E-state index < -0.39 is 0 Å². The number of hydrogen-bond acceptors (Lipinski definition) is 2. The monoisotopic (exact) mass is 807 g/mol. The summed E-state index contributed by atoms with van der Waals surface area (Å²) in [5.74, 6) is 0. The number of furan rings is 1. The Hall–Kier alpha value is -8.08. The third-order valence-corrected chi connectivity index (χ3v) is 13.5. The number of rotatable bonds is 6. The summed E-state index contributed by atoms with van der Waals surface area (Å²) < 4.78 is 11.6. The summed E-state index contributed by atoms with van der Waals surface area (Å²) in [6, 6.07) is 77.0. The van der Waals surface area contributed by atoms with Crippen LogP contribution in [0, 0.1) is 0 Å². The van der Waals surface area contributed by atoms with E-state index in [4.69, 9.17) is 4.42 Å². The Kier molecular flexibility index (Phi) is 7.62. The van der Waals surface area contributed by atoms with Crippen molar-refractivity contribution in [1.29, 1.82) is 0 Å². The van der Waals surface area contributed by atoms with Crippen molar-refractivity contribution in [1.82, 2.24) is 8.97 Å². The third kappa shape index (κ3) is 5.22. The molecule has 0 saturated carbocycles. The number of imidazole rings is 1. The van der Waals surface area contributed by atoms with Gasteiger partial charge >= 0.3 is 0 Å². The van der Waals surface area contributed by atoms with E-state index in [0.717, 1.165) is 78.0 Å². The van der Waals surface area contributed by atoms with Crippen LogP contribution in [0.2, 0.25) is 0 Å². The zero-order valence-electron chi connectivity index (χ0n) is 35.0. The maximum atomic E-state index is 6.72. The molecule has 13 rings (SSSR count). The van der Waals surface area contributed by atoms with E-state index in [1.165, 1.54) is 38.8 Å². The maximum absolute atomic E-state index is 6.72. The van der Waals surface area contributed by atoms with Gasteiger partial charge in [-0.1, -0.05) is 153 Å². The van der Waals surface area contributed by atoms with Crippen LogP contribution < -0.4 is 4.90 Å². The number of para-hydroxylation sites is 5. The number of anilines is 3. The number of hydrogen-bond donors (Lipinski definition) is 0. The van der Waals surface area contributed by atoms with Crippen LogP contribution in [0.5, 0.6) is 0 Å². The van der Waals surface area contributed by atoms with Crippen molar-refractivity contribution in [2.24, 2.45) is 0 Å². The Bertz CT molecular complexity index is 3750. The van der Waals surface area contributed by atoms with Crippen LogP contribution in [0.4, 0.5) is 17.1 Å². The maximum Gasteiger partial charge on any atom is 0.143 e. The van der Waals surface area contributed by atoms with E-state index >= 15 is 0 Å². The second kappa shape index (κ2) is 13.5.